The van der Waals surface area contributed by atoms with Crippen molar-refractivity contribution >= 4 is 0 Å². The van der Waals surface area contributed by atoms with Crippen LogP contribution in [0.5, 0.6) is 0 Å². The average Bonchev–Trinajstić information content (AvgIpc) is 1.46. The summed E-state index contributed by atoms with van der Waals surface area (Å²) in [5.41, 5.74) is 0. The minimum absolute atomic E-state index is 0. The van der Waals surface area contributed by atoms with E-state index in [9.17, 15) is 0 Å². The third-order valence-corrected chi connectivity index (χ3v) is 0. The molecule has 0 bridgehead atoms. The summed E-state index contributed by atoms with van der Waals surface area (Å²) in [5, 5.41) is 0. The molecule has 0 aromatic carbocycles. The summed E-state index contributed by atoms with van der Waals surface area (Å²) < 4.78 is 0. The molecule has 0 aliphatic heterocycles. The van der Waals surface area contributed by atoms with Crippen LogP contribution in [0.2, 0.25) is 0 Å². The smallest absolute Gasteiger partial charge is 0 e. The maximum Gasteiger partial charge on any atom is 0 e. The van der Waals surface area contributed by atoms with E-state index in [1.165, 1.54) is 6.42 Å². The molecule has 0 saturated heterocycles. The molecule has 0 aromatic heterocycles. The van der Waals surface area contributed by atoms with E-state index in [2.05, 4.69) is 13.8 Å². The van der Waals surface area contributed by atoms with E-state index in [1.54, 1.807) is 0 Å². The van der Waals surface area contributed by atoms with Gasteiger partial charge in [0.25, 0.3) is 0 Å². The molecule has 11 heavy (non-hydrogen) atoms. The average molecular weight is 415 g/mol. The van der Waals surface area contributed by atoms with Crippen LogP contribution in [-0.2, 0) is 0 Å². The van der Waals surface area contributed by atoms with Gasteiger partial charge in [-0.05, 0) is 0 Å². The number of rotatable bonds is 0. The van der Waals surface area contributed by atoms with Crippen LogP contribution in [0.15, 0.2) is 0 Å². The van der Waals surface area contributed by atoms with Gasteiger partial charge in [-0.2, -0.15) is 0 Å². The first-order chi connectivity index (χ1) is 2.41. The van der Waals surface area contributed by atoms with Gasteiger partial charge in [-0.1, -0.05) is 56.4 Å². The molecular formula is C9H29ArU-. The van der Waals surface area contributed by atoms with Crippen LogP contribution in [0, 0.1) is 76.3 Å². The molecule has 0 unspecified atom stereocenters. The Hall–Kier alpha value is 2.31. The molecule has 0 fully saturated rings. The molecule has 78 valence electrons. The molecule has 0 N–H and O–H groups in total. The van der Waals surface area contributed by atoms with Gasteiger partial charge < -0.3 is 7.43 Å². The molecule has 0 amide bonds. The van der Waals surface area contributed by atoms with E-state index in [-0.39, 0.29) is 98.6 Å². The van der Waals surface area contributed by atoms with Crippen LogP contribution in [0.3, 0.4) is 0 Å². The van der Waals surface area contributed by atoms with Crippen molar-refractivity contribution in [1.82, 2.24) is 0 Å². The van der Waals surface area contributed by atoms with Crippen molar-refractivity contribution in [2.75, 3.05) is 0 Å². The van der Waals surface area contributed by atoms with Gasteiger partial charge in [-0.15, -0.1) is 0 Å². The van der Waals surface area contributed by atoms with Crippen LogP contribution in [-0.4, -0.2) is 0 Å². The molecule has 0 aliphatic carbocycles. The fourth-order valence-electron chi connectivity index (χ4n) is 0. The second kappa shape index (κ2) is 144. The first-order valence-corrected chi connectivity index (χ1v) is 2.41. The zero-order chi connectivity index (χ0) is 4.71. The predicted molar refractivity (Wildman–Crippen MR) is 53.9 cm³/mol. The number of hydrogen-bond acceptors (Lipinski definition) is 0. The van der Waals surface area contributed by atoms with Crippen LogP contribution in [0.1, 0.15) is 56.4 Å². The van der Waals surface area contributed by atoms with Gasteiger partial charge in [0.05, 0.1) is 0 Å². The maximum atomic E-state index is 2.12. The molecule has 0 heterocycles. The Kier molecular flexibility index (Phi) is 934. The molecule has 2 heteroatoms. The first kappa shape index (κ1) is 71.5. The van der Waals surface area contributed by atoms with Crippen LogP contribution in [0.25, 0.3) is 0 Å². The first-order valence-electron chi connectivity index (χ1n) is 2.41. The summed E-state index contributed by atoms with van der Waals surface area (Å²) in [7, 11) is 0. The van der Waals surface area contributed by atoms with Gasteiger partial charge in [0, 0.05) is 68.9 Å². The zero-order valence-electron chi connectivity index (χ0n) is 6.56. The monoisotopic (exact) mass is 415 g/mol. The van der Waals surface area contributed by atoms with Crippen LogP contribution >= 0.6 is 0 Å². The van der Waals surface area contributed by atoms with Crippen molar-refractivity contribution in [3.8, 4) is 0 Å². The zero-order valence-corrected chi connectivity index (χ0v) is 11.4. The molecule has 0 rings (SSSR count). The largest absolute Gasteiger partial charge is 0.358 e. The van der Waals surface area contributed by atoms with Crippen molar-refractivity contribution in [3.63, 3.8) is 0 Å². The summed E-state index contributed by atoms with van der Waals surface area (Å²) in [4.78, 5) is 0. The van der Waals surface area contributed by atoms with Gasteiger partial charge in [0.15, 0.2) is 0 Å². The third kappa shape index (κ3) is 245. The minimum Gasteiger partial charge on any atom is -0.358 e. The Bertz CT molecular complexity index is 9.52. The van der Waals surface area contributed by atoms with E-state index in [0.29, 0.717) is 0 Å². The maximum absolute atomic E-state index is 2.12. The van der Waals surface area contributed by atoms with Gasteiger partial charge >= 0.3 is 0 Å². The fourth-order valence-corrected chi connectivity index (χ4v) is 0. The van der Waals surface area contributed by atoms with Crippen molar-refractivity contribution in [2.45, 2.75) is 56.4 Å². The number of hydrogen-bond donors (Lipinski definition) is 0. The van der Waals surface area contributed by atoms with E-state index in [0.717, 1.165) is 0 Å². The normalized spacial score (nSPS) is 2.18. The Morgan fingerprint density at radius 1 is 0.818 bits per heavy atom. The van der Waals surface area contributed by atoms with Crippen LogP contribution in [0.4, 0.5) is 0 Å². The Labute approximate surface area is 131 Å². The van der Waals surface area contributed by atoms with Crippen molar-refractivity contribution in [1.29, 1.82) is 0 Å². The second-order valence-electron chi connectivity index (χ2n) is 0.707. The predicted octanol–water partition coefficient (Wildman–Crippen LogP) is 4.80. The van der Waals surface area contributed by atoms with E-state index < -0.39 is 0 Å². The van der Waals surface area contributed by atoms with Gasteiger partial charge in [0.2, 0.25) is 0 Å². The third-order valence-electron chi connectivity index (χ3n) is 0. The van der Waals surface area contributed by atoms with E-state index in [4.69, 9.17) is 0 Å². The Morgan fingerprint density at radius 3 is 0.818 bits per heavy atom. The standard InChI is InChI=1S/C3H8.C2H6.3CH4.CH3.Ar.U/c1-3-2;1-2;;;;;;/h3H2,1-2H3;1-2H3;3*1H4;1H3;;/q;;;;;-1;;. The molecular weight excluding hydrogens is 386 g/mol. The minimum atomic E-state index is 0. The molecule has 0 atom stereocenters. The summed E-state index contributed by atoms with van der Waals surface area (Å²) in [6.07, 6.45) is 1.25. The topological polar surface area (TPSA) is 0 Å². The Morgan fingerprint density at radius 2 is 0.818 bits per heavy atom. The van der Waals surface area contributed by atoms with Gasteiger partial charge in [0.1, 0.15) is 0 Å². The van der Waals surface area contributed by atoms with Gasteiger partial charge in [-0.25, -0.2) is 0 Å². The summed E-state index contributed by atoms with van der Waals surface area (Å²) in [5.74, 6) is 0. The molecule has 0 aromatic rings. The molecule has 0 aliphatic rings. The summed E-state index contributed by atoms with van der Waals surface area (Å²) in [6.45, 7) is 8.25. The summed E-state index contributed by atoms with van der Waals surface area (Å²) >= 11 is 0. The molecule has 0 radical (unpaired) electrons. The second-order valence-corrected chi connectivity index (χ2v) is 0.707. The van der Waals surface area contributed by atoms with Crippen LogP contribution < -0.4 is 0 Å². The fraction of sp³-hybridized carbons (Fsp3) is 0.889. The molecule has 0 nitrogen and oxygen atoms in total. The molecule has 0 saturated carbocycles. The quantitative estimate of drug-likeness (QED) is 0.499. The molecule has 0 spiro atoms. The van der Waals surface area contributed by atoms with Crippen molar-refractivity contribution in [2.24, 2.45) is 0 Å². The SMILES string of the molecule is C.C.C.CC.CCC.[Ar].[CH3-].[U]. The van der Waals surface area contributed by atoms with E-state index in [1.807, 2.05) is 13.8 Å². The van der Waals surface area contributed by atoms with Crippen molar-refractivity contribution in [3.05, 3.63) is 7.43 Å². The van der Waals surface area contributed by atoms with Gasteiger partial charge in [-0.3, -0.25) is 0 Å². The summed E-state index contributed by atoms with van der Waals surface area (Å²) in [6, 6.07) is 0. The van der Waals surface area contributed by atoms with Crippen molar-refractivity contribution < 1.29 is 68.9 Å². The Balaban J connectivity index is -0.00000000181. The van der Waals surface area contributed by atoms with E-state index >= 15 is 0 Å².